The lowest BCUT2D eigenvalue weighted by Gasteiger charge is -2.24. The molecule has 0 aromatic heterocycles. The van der Waals surface area contributed by atoms with Crippen LogP contribution >= 0.6 is 15.9 Å². The Morgan fingerprint density at radius 3 is 2.48 bits per heavy atom. The monoisotopic (exact) mass is 430 g/mol. The van der Waals surface area contributed by atoms with Crippen LogP contribution in [0.4, 0.5) is 4.79 Å². The number of carbonyl (C=O) groups excluding carboxylic acids is 2. The van der Waals surface area contributed by atoms with Gasteiger partial charge in [-0.2, -0.15) is 0 Å². The van der Waals surface area contributed by atoms with E-state index in [2.05, 4.69) is 21.2 Å². The van der Waals surface area contributed by atoms with Crippen molar-refractivity contribution >= 4 is 27.9 Å². The summed E-state index contributed by atoms with van der Waals surface area (Å²) in [4.78, 5) is 26.4. The van der Waals surface area contributed by atoms with E-state index in [1.807, 2.05) is 51.1 Å². The van der Waals surface area contributed by atoms with Gasteiger partial charge in [-0.1, -0.05) is 34.1 Å². The molecule has 0 radical (unpaired) electrons. The SMILES string of the molecule is CC(C)(C)OC(=O)N1Cc2cccc(CNC(=O)c3ccc(Br)cc3)c2C1. The lowest BCUT2D eigenvalue weighted by molar-refractivity contribution is 0.0241. The van der Waals surface area contributed by atoms with Gasteiger partial charge in [0.1, 0.15) is 5.60 Å². The molecule has 1 aliphatic rings. The van der Waals surface area contributed by atoms with E-state index in [1.54, 1.807) is 17.0 Å². The van der Waals surface area contributed by atoms with Crippen LogP contribution in [0.3, 0.4) is 0 Å². The molecule has 0 saturated carbocycles. The number of amides is 2. The molecule has 6 heteroatoms. The number of hydrogen-bond acceptors (Lipinski definition) is 3. The minimum absolute atomic E-state index is 0.123. The summed E-state index contributed by atoms with van der Waals surface area (Å²) in [7, 11) is 0. The summed E-state index contributed by atoms with van der Waals surface area (Å²) in [5, 5.41) is 2.96. The minimum Gasteiger partial charge on any atom is -0.444 e. The third-order valence-corrected chi connectivity index (χ3v) is 4.81. The van der Waals surface area contributed by atoms with Crippen molar-refractivity contribution in [2.75, 3.05) is 0 Å². The molecule has 3 rings (SSSR count). The topological polar surface area (TPSA) is 58.6 Å². The standard InChI is InChI=1S/C21H23BrN2O3/c1-21(2,3)27-20(26)24-12-16-6-4-5-15(18(16)13-24)11-23-19(25)14-7-9-17(22)10-8-14/h4-10H,11-13H2,1-3H3,(H,23,25). The Hall–Kier alpha value is -2.34. The number of rotatable bonds is 3. The van der Waals surface area contributed by atoms with E-state index in [1.165, 1.54) is 0 Å². The molecule has 0 unspecified atom stereocenters. The fraction of sp³-hybridized carbons (Fsp3) is 0.333. The molecule has 142 valence electrons. The highest BCUT2D eigenvalue weighted by Gasteiger charge is 2.29. The zero-order chi connectivity index (χ0) is 19.6. The van der Waals surface area contributed by atoms with Crippen molar-refractivity contribution in [3.63, 3.8) is 0 Å². The Labute approximate surface area is 167 Å². The van der Waals surface area contributed by atoms with Crippen LogP contribution in [0.15, 0.2) is 46.9 Å². The highest BCUT2D eigenvalue weighted by atomic mass is 79.9. The number of halogens is 1. The molecule has 0 fully saturated rings. The first-order valence-electron chi connectivity index (χ1n) is 8.84. The van der Waals surface area contributed by atoms with Crippen molar-refractivity contribution in [3.8, 4) is 0 Å². The van der Waals surface area contributed by atoms with Crippen molar-refractivity contribution in [1.82, 2.24) is 10.2 Å². The van der Waals surface area contributed by atoms with Gasteiger partial charge in [-0.3, -0.25) is 9.69 Å². The van der Waals surface area contributed by atoms with E-state index in [0.29, 0.717) is 25.2 Å². The van der Waals surface area contributed by atoms with E-state index in [4.69, 9.17) is 4.74 Å². The van der Waals surface area contributed by atoms with Crippen LogP contribution in [0.25, 0.3) is 0 Å². The number of nitrogens with one attached hydrogen (secondary N) is 1. The van der Waals surface area contributed by atoms with Gasteiger partial charge in [-0.25, -0.2) is 4.79 Å². The van der Waals surface area contributed by atoms with Crippen molar-refractivity contribution in [1.29, 1.82) is 0 Å². The van der Waals surface area contributed by atoms with E-state index >= 15 is 0 Å². The van der Waals surface area contributed by atoms with Crippen LogP contribution in [0, 0.1) is 0 Å². The average molecular weight is 431 g/mol. The van der Waals surface area contributed by atoms with E-state index < -0.39 is 5.60 Å². The highest BCUT2D eigenvalue weighted by Crippen LogP contribution is 2.27. The molecule has 0 bridgehead atoms. The van der Waals surface area contributed by atoms with Gasteiger partial charge in [-0.15, -0.1) is 0 Å². The molecule has 1 N–H and O–H groups in total. The van der Waals surface area contributed by atoms with Gasteiger partial charge in [0.25, 0.3) is 5.91 Å². The Morgan fingerprint density at radius 2 is 1.81 bits per heavy atom. The van der Waals surface area contributed by atoms with Gasteiger partial charge >= 0.3 is 6.09 Å². The number of ether oxygens (including phenoxy) is 1. The number of hydrogen-bond donors (Lipinski definition) is 1. The highest BCUT2D eigenvalue weighted by molar-refractivity contribution is 9.10. The van der Waals surface area contributed by atoms with Crippen LogP contribution in [0.5, 0.6) is 0 Å². The zero-order valence-corrected chi connectivity index (χ0v) is 17.3. The van der Waals surface area contributed by atoms with E-state index in [9.17, 15) is 9.59 Å². The molecule has 2 aromatic rings. The molecule has 2 aromatic carbocycles. The second-order valence-corrected chi connectivity index (χ2v) is 8.50. The molecule has 27 heavy (non-hydrogen) atoms. The molecule has 0 aliphatic carbocycles. The number of benzene rings is 2. The normalized spacial score (nSPS) is 13.3. The molecule has 0 saturated heterocycles. The molecule has 5 nitrogen and oxygen atoms in total. The van der Waals surface area contributed by atoms with E-state index in [0.717, 1.165) is 21.2 Å². The Balaban J connectivity index is 1.66. The number of fused-ring (bicyclic) bond motifs is 1. The molecule has 0 spiro atoms. The van der Waals surface area contributed by atoms with Gasteiger partial charge in [-0.05, 0) is 61.7 Å². The molecule has 1 heterocycles. The summed E-state index contributed by atoms with van der Waals surface area (Å²) in [5.41, 5.74) is 3.29. The molecular formula is C21H23BrN2O3. The maximum atomic E-state index is 12.3. The fourth-order valence-electron chi connectivity index (χ4n) is 2.99. The summed E-state index contributed by atoms with van der Waals surface area (Å²) in [6.07, 6.45) is -0.316. The smallest absolute Gasteiger partial charge is 0.410 e. The van der Waals surface area contributed by atoms with Crippen LogP contribution in [0.2, 0.25) is 0 Å². The minimum atomic E-state index is -0.520. The van der Waals surface area contributed by atoms with Crippen molar-refractivity contribution in [2.24, 2.45) is 0 Å². The van der Waals surface area contributed by atoms with Crippen LogP contribution < -0.4 is 5.32 Å². The third-order valence-electron chi connectivity index (χ3n) is 4.28. The second kappa shape index (κ2) is 7.72. The molecule has 1 aliphatic heterocycles. The van der Waals surface area contributed by atoms with Gasteiger partial charge in [0.15, 0.2) is 0 Å². The zero-order valence-electron chi connectivity index (χ0n) is 15.7. The van der Waals surface area contributed by atoms with Gasteiger partial charge < -0.3 is 10.1 Å². The summed E-state index contributed by atoms with van der Waals surface area (Å²) in [6, 6.07) is 13.2. The Bertz CT molecular complexity index is 857. The predicted molar refractivity (Wildman–Crippen MR) is 107 cm³/mol. The quantitative estimate of drug-likeness (QED) is 0.771. The van der Waals surface area contributed by atoms with Crippen molar-refractivity contribution in [3.05, 3.63) is 69.2 Å². The molecule has 2 amide bonds. The van der Waals surface area contributed by atoms with Crippen LogP contribution in [-0.4, -0.2) is 22.5 Å². The van der Waals surface area contributed by atoms with Crippen LogP contribution in [-0.2, 0) is 24.4 Å². The van der Waals surface area contributed by atoms with Crippen molar-refractivity contribution in [2.45, 2.75) is 46.0 Å². The lowest BCUT2D eigenvalue weighted by Crippen LogP contribution is -2.33. The summed E-state index contributed by atoms with van der Waals surface area (Å²) >= 11 is 3.37. The second-order valence-electron chi connectivity index (χ2n) is 7.58. The summed E-state index contributed by atoms with van der Waals surface area (Å²) < 4.78 is 6.40. The Kier molecular flexibility index (Phi) is 5.56. The summed E-state index contributed by atoms with van der Waals surface area (Å²) in [5.74, 6) is -0.123. The molecular weight excluding hydrogens is 408 g/mol. The largest absolute Gasteiger partial charge is 0.444 e. The van der Waals surface area contributed by atoms with Gasteiger partial charge in [0.2, 0.25) is 0 Å². The van der Waals surface area contributed by atoms with Crippen molar-refractivity contribution < 1.29 is 14.3 Å². The van der Waals surface area contributed by atoms with Gasteiger partial charge in [0, 0.05) is 23.1 Å². The Morgan fingerprint density at radius 1 is 1.11 bits per heavy atom. The van der Waals surface area contributed by atoms with E-state index in [-0.39, 0.29) is 12.0 Å². The fourth-order valence-corrected chi connectivity index (χ4v) is 3.26. The lowest BCUT2D eigenvalue weighted by atomic mass is 10.0. The maximum absolute atomic E-state index is 12.3. The molecule has 0 atom stereocenters. The first kappa shape index (κ1) is 19.4. The summed E-state index contributed by atoms with van der Waals surface area (Å²) in [6.45, 7) is 7.01. The first-order valence-corrected chi connectivity index (χ1v) is 9.63. The number of nitrogens with zero attached hydrogens (tertiary/aromatic N) is 1. The van der Waals surface area contributed by atoms with Crippen LogP contribution in [0.1, 0.15) is 47.8 Å². The third kappa shape index (κ3) is 4.89. The predicted octanol–water partition coefficient (Wildman–Crippen LogP) is 4.63. The first-order chi connectivity index (χ1) is 12.7. The maximum Gasteiger partial charge on any atom is 0.410 e. The average Bonchev–Trinajstić information content (AvgIpc) is 3.04. The van der Waals surface area contributed by atoms with Gasteiger partial charge in [0.05, 0.1) is 6.54 Å². The number of carbonyl (C=O) groups is 2.